The van der Waals surface area contributed by atoms with E-state index in [1.165, 1.54) is 4.90 Å². The molecule has 0 saturated carbocycles. The molecule has 0 aromatic rings. The van der Waals surface area contributed by atoms with Crippen molar-refractivity contribution in [2.24, 2.45) is 0 Å². The van der Waals surface area contributed by atoms with Crippen LogP contribution >= 0.6 is 0 Å². The zero-order chi connectivity index (χ0) is 20.2. The standard InChI is InChI=1S/C15H29NO8S2/c1-15(2,3)23-14(17)16-10-6-8-12(16)13(24-26(5,20)21)9-7-11-22-25(4,18)19/h12-13H,6-11H2,1-5H3/t12-,13?/m0/s1. The van der Waals surface area contributed by atoms with Gasteiger partial charge < -0.3 is 9.64 Å². The average Bonchev–Trinajstić information content (AvgIpc) is 2.87. The van der Waals surface area contributed by atoms with E-state index in [2.05, 4.69) is 4.18 Å². The molecular formula is C15H29NO8S2. The zero-order valence-corrected chi connectivity index (χ0v) is 17.6. The van der Waals surface area contributed by atoms with E-state index in [-0.39, 0.29) is 19.4 Å². The van der Waals surface area contributed by atoms with Crippen LogP contribution in [0.25, 0.3) is 0 Å². The van der Waals surface area contributed by atoms with Crippen LogP contribution in [-0.4, -0.2) is 71.2 Å². The summed E-state index contributed by atoms with van der Waals surface area (Å²) in [6.45, 7) is 5.62. The highest BCUT2D eigenvalue weighted by Crippen LogP contribution is 2.27. The zero-order valence-electron chi connectivity index (χ0n) is 15.9. The minimum Gasteiger partial charge on any atom is -0.444 e. The van der Waals surface area contributed by atoms with Gasteiger partial charge in [-0.1, -0.05) is 0 Å². The second-order valence-corrected chi connectivity index (χ2v) is 10.6. The van der Waals surface area contributed by atoms with Crippen molar-refractivity contribution in [3.05, 3.63) is 0 Å². The topological polar surface area (TPSA) is 116 Å². The highest BCUT2D eigenvalue weighted by Gasteiger charge is 2.38. The van der Waals surface area contributed by atoms with Gasteiger partial charge in [0.2, 0.25) is 0 Å². The lowest BCUT2D eigenvalue weighted by molar-refractivity contribution is 0.00837. The van der Waals surface area contributed by atoms with Crippen molar-refractivity contribution in [3.8, 4) is 0 Å². The number of ether oxygens (including phenoxy) is 1. The maximum Gasteiger partial charge on any atom is 0.410 e. The summed E-state index contributed by atoms with van der Waals surface area (Å²) < 4.78 is 60.5. The third-order valence-electron chi connectivity index (χ3n) is 3.59. The fourth-order valence-corrected chi connectivity index (χ4v) is 3.84. The van der Waals surface area contributed by atoms with Crippen LogP contribution in [-0.2, 0) is 33.3 Å². The summed E-state index contributed by atoms with van der Waals surface area (Å²) >= 11 is 0. The Labute approximate surface area is 156 Å². The van der Waals surface area contributed by atoms with E-state index in [4.69, 9.17) is 8.92 Å². The van der Waals surface area contributed by atoms with Gasteiger partial charge in [0.15, 0.2) is 0 Å². The van der Waals surface area contributed by atoms with Gasteiger partial charge in [0.05, 0.1) is 31.3 Å². The highest BCUT2D eigenvalue weighted by atomic mass is 32.2. The molecule has 9 nitrogen and oxygen atoms in total. The summed E-state index contributed by atoms with van der Waals surface area (Å²) in [4.78, 5) is 13.9. The Bertz CT molecular complexity index is 681. The Balaban J connectivity index is 2.82. The Morgan fingerprint density at radius 2 is 1.77 bits per heavy atom. The summed E-state index contributed by atoms with van der Waals surface area (Å²) in [7, 11) is -7.31. The lowest BCUT2D eigenvalue weighted by Crippen LogP contribution is -2.46. The molecule has 0 radical (unpaired) electrons. The Morgan fingerprint density at radius 1 is 1.15 bits per heavy atom. The van der Waals surface area contributed by atoms with Gasteiger partial charge in [0, 0.05) is 6.54 Å². The number of nitrogens with zero attached hydrogens (tertiary/aromatic N) is 1. The molecule has 1 fully saturated rings. The molecule has 1 saturated heterocycles. The van der Waals surface area contributed by atoms with Crippen LogP contribution in [0.2, 0.25) is 0 Å². The minimum atomic E-state index is -3.75. The maximum absolute atomic E-state index is 12.4. The first kappa shape index (κ1) is 23.1. The van der Waals surface area contributed by atoms with Gasteiger partial charge in [-0.15, -0.1) is 0 Å². The molecule has 11 heteroatoms. The predicted molar refractivity (Wildman–Crippen MR) is 95.7 cm³/mol. The first-order valence-electron chi connectivity index (χ1n) is 8.40. The molecule has 0 spiro atoms. The summed E-state index contributed by atoms with van der Waals surface area (Å²) in [5.41, 5.74) is -0.666. The summed E-state index contributed by atoms with van der Waals surface area (Å²) in [5.74, 6) is 0. The summed E-state index contributed by atoms with van der Waals surface area (Å²) in [5, 5.41) is 0. The van der Waals surface area contributed by atoms with Crippen LogP contribution < -0.4 is 0 Å². The van der Waals surface area contributed by atoms with E-state index >= 15 is 0 Å². The molecular weight excluding hydrogens is 386 g/mol. The highest BCUT2D eigenvalue weighted by molar-refractivity contribution is 7.86. The van der Waals surface area contributed by atoms with Crippen molar-refractivity contribution < 1.29 is 34.7 Å². The third kappa shape index (κ3) is 9.15. The summed E-state index contributed by atoms with van der Waals surface area (Å²) in [6.07, 6.45) is 2.36. The van der Waals surface area contributed by atoms with Gasteiger partial charge in [-0.25, -0.2) is 4.79 Å². The fraction of sp³-hybridized carbons (Fsp3) is 0.933. The molecule has 0 aliphatic carbocycles. The van der Waals surface area contributed by atoms with E-state index in [1.807, 2.05) is 0 Å². The van der Waals surface area contributed by atoms with Gasteiger partial charge in [-0.3, -0.25) is 8.37 Å². The Morgan fingerprint density at radius 3 is 2.27 bits per heavy atom. The van der Waals surface area contributed by atoms with Crippen molar-refractivity contribution in [2.75, 3.05) is 25.7 Å². The Hall–Kier alpha value is -0.910. The quantitative estimate of drug-likeness (QED) is 0.432. The number of carbonyl (C=O) groups is 1. The normalized spacial score (nSPS) is 20.2. The summed E-state index contributed by atoms with van der Waals surface area (Å²) in [6, 6.07) is -0.460. The van der Waals surface area contributed by atoms with Crippen molar-refractivity contribution in [3.63, 3.8) is 0 Å². The number of likely N-dealkylation sites (tertiary alicyclic amines) is 1. The molecule has 1 unspecified atom stereocenters. The maximum atomic E-state index is 12.4. The fourth-order valence-electron chi connectivity index (χ4n) is 2.75. The average molecular weight is 416 g/mol. The van der Waals surface area contributed by atoms with Crippen molar-refractivity contribution in [1.29, 1.82) is 0 Å². The van der Waals surface area contributed by atoms with Crippen LogP contribution in [0.4, 0.5) is 4.79 Å². The van der Waals surface area contributed by atoms with Crippen LogP contribution in [0.5, 0.6) is 0 Å². The van der Waals surface area contributed by atoms with E-state index < -0.39 is 44.1 Å². The van der Waals surface area contributed by atoms with Gasteiger partial charge in [0.1, 0.15) is 5.60 Å². The molecule has 154 valence electrons. The molecule has 1 rings (SSSR count). The van der Waals surface area contributed by atoms with E-state index in [9.17, 15) is 21.6 Å². The molecule has 1 heterocycles. The largest absolute Gasteiger partial charge is 0.444 e. The van der Waals surface area contributed by atoms with E-state index in [0.717, 1.165) is 12.5 Å². The molecule has 1 amide bonds. The molecule has 0 aromatic heterocycles. The number of carbonyl (C=O) groups excluding carboxylic acids is 1. The molecule has 0 aromatic carbocycles. The van der Waals surface area contributed by atoms with Gasteiger partial charge >= 0.3 is 6.09 Å². The lowest BCUT2D eigenvalue weighted by atomic mass is 10.0. The van der Waals surface area contributed by atoms with Gasteiger partial charge in [-0.05, 0) is 46.5 Å². The Kier molecular flexibility index (Phi) is 7.88. The third-order valence-corrected chi connectivity index (χ3v) is 4.78. The predicted octanol–water partition coefficient (Wildman–Crippen LogP) is 1.49. The smallest absolute Gasteiger partial charge is 0.410 e. The van der Waals surface area contributed by atoms with Crippen molar-refractivity contribution in [1.82, 2.24) is 4.90 Å². The number of hydrogen-bond acceptors (Lipinski definition) is 8. The van der Waals surface area contributed by atoms with Crippen LogP contribution in [0.1, 0.15) is 46.5 Å². The number of amides is 1. The SMILES string of the molecule is CC(C)(C)OC(=O)N1CCC[C@H]1C(CCCOS(C)(=O)=O)OS(C)(=O)=O. The van der Waals surface area contributed by atoms with Crippen LogP contribution in [0.15, 0.2) is 0 Å². The molecule has 1 aliphatic rings. The number of rotatable bonds is 8. The number of hydrogen-bond donors (Lipinski definition) is 0. The van der Waals surface area contributed by atoms with E-state index in [0.29, 0.717) is 19.4 Å². The van der Waals surface area contributed by atoms with Crippen molar-refractivity contribution in [2.45, 2.75) is 64.2 Å². The molecule has 26 heavy (non-hydrogen) atoms. The molecule has 2 atom stereocenters. The molecule has 1 aliphatic heterocycles. The van der Waals surface area contributed by atoms with Crippen LogP contribution in [0.3, 0.4) is 0 Å². The lowest BCUT2D eigenvalue weighted by Gasteiger charge is -2.32. The van der Waals surface area contributed by atoms with Gasteiger partial charge in [0.25, 0.3) is 20.2 Å². The molecule has 0 bridgehead atoms. The monoisotopic (exact) mass is 415 g/mol. The van der Waals surface area contributed by atoms with Gasteiger partial charge in [-0.2, -0.15) is 16.8 Å². The van der Waals surface area contributed by atoms with Crippen molar-refractivity contribution >= 4 is 26.3 Å². The second kappa shape index (κ2) is 8.85. The first-order chi connectivity index (χ1) is 11.7. The van der Waals surface area contributed by atoms with Crippen LogP contribution in [0, 0.1) is 0 Å². The second-order valence-electron chi connectivity index (χ2n) is 7.39. The minimum absolute atomic E-state index is 0.0817. The molecule has 0 N–H and O–H groups in total. The first-order valence-corrected chi connectivity index (χ1v) is 12.0. The van der Waals surface area contributed by atoms with E-state index in [1.54, 1.807) is 20.8 Å².